The molecule has 0 saturated heterocycles. The Morgan fingerprint density at radius 1 is 1.12 bits per heavy atom. The summed E-state index contributed by atoms with van der Waals surface area (Å²) in [4.78, 5) is 29.5. The number of fused-ring (bicyclic) bond motifs is 1. The van der Waals surface area contributed by atoms with E-state index in [1.807, 2.05) is 24.3 Å². The molecule has 3 aromatic heterocycles. The van der Waals surface area contributed by atoms with E-state index >= 15 is 0 Å². The molecule has 0 bridgehead atoms. The molecule has 180 valence electrons. The SMILES string of the molecule is CC(C)c1ccc(OCc2nnc(SCCCn3c(=O)c4c(ncn4C)n(C)c3=O)n2N)cc1. The van der Waals surface area contributed by atoms with Crippen LogP contribution in [0.3, 0.4) is 0 Å². The number of hydrogen-bond donors (Lipinski definition) is 1. The summed E-state index contributed by atoms with van der Waals surface area (Å²) >= 11 is 1.41. The molecule has 0 radical (unpaired) electrons. The first-order valence-corrected chi connectivity index (χ1v) is 11.9. The van der Waals surface area contributed by atoms with E-state index in [4.69, 9.17) is 10.6 Å². The fraction of sp³-hybridized carbons (Fsp3) is 0.409. The van der Waals surface area contributed by atoms with Crippen LogP contribution in [0.15, 0.2) is 45.3 Å². The molecule has 0 saturated carbocycles. The summed E-state index contributed by atoms with van der Waals surface area (Å²) in [6.45, 7) is 4.76. The molecule has 2 N–H and O–H groups in total. The maximum atomic E-state index is 12.8. The van der Waals surface area contributed by atoms with Crippen molar-refractivity contribution in [3.63, 3.8) is 0 Å². The number of hydrogen-bond acceptors (Lipinski definition) is 8. The van der Waals surface area contributed by atoms with Crippen molar-refractivity contribution < 1.29 is 4.74 Å². The van der Waals surface area contributed by atoms with Crippen LogP contribution in [0, 0.1) is 0 Å². The van der Waals surface area contributed by atoms with E-state index < -0.39 is 0 Å². The highest BCUT2D eigenvalue weighted by molar-refractivity contribution is 7.99. The van der Waals surface area contributed by atoms with Crippen LogP contribution in [0.1, 0.15) is 37.6 Å². The van der Waals surface area contributed by atoms with Crippen LogP contribution in [0.5, 0.6) is 5.75 Å². The van der Waals surface area contributed by atoms with Gasteiger partial charge in [-0.05, 0) is 30.0 Å². The van der Waals surface area contributed by atoms with E-state index in [0.717, 1.165) is 5.75 Å². The summed E-state index contributed by atoms with van der Waals surface area (Å²) in [5.74, 6) is 8.43. The van der Waals surface area contributed by atoms with Gasteiger partial charge in [0.05, 0.1) is 6.33 Å². The number of rotatable bonds is 9. The lowest BCUT2D eigenvalue weighted by atomic mass is 10.0. The predicted molar refractivity (Wildman–Crippen MR) is 131 cm³/mol. The monoisotopic (exact) mass is 484 g/mol. The molecule has 34 heavy (non-hydrogen) atoms. The minimum atomic E-state index is -0.385. The van der Waals surface area contributed by atoms with E-state index in [2.05, 4.69) is 29.0 Å². The molecule has 11 nitrogen and oxygen atoms in total. The van der Waals surface area contributed by atoms with Crippen molar-refractivity contribution >= 4 is 22.9 Å². The smallest absolute Gasteiger partial charge is 0.332 e. The van der Waals surface area contributed by atoms with Crippen molar-refractivity contribution in [1.82, 2.24) is 33.6 Å². The van der Waals surface area contributed by atoms with E-state index in [-0.39, 0.29) is 24.4 Å². The molecule has 1 aromatic carbocycles. The summed E-state index contributed by atoms with van der Waals surface area (Å²) in [7, 11) is 3.35. The highest BCUT2D eigenvalue weighted by Crippen LogP contribution is 2.20. The summed E-state index contributed by atoms with van der Waals surface area (Å²) < 4.78 is 11.4. The van der Waals surface area contributed by atoms with Gasteiger partial charge in [-0.15, -0.1) is 10.2 Å². The van der Waals surface area contributed by atoms with Crippen molar-refractivity contribution in [3.8, 4) is 5.75 Å². The number of benzene rings is 1. The molecule has 0 unspecified atom stereocenters. The fourth-order valence-electron chi connectivity index (χ4n) is 3.58. The van der Waals surface area contributed by atoms with Crippen LogP contribution in [-0.4, -0.2) is 39.3 Å². The topological polar surface area (TPSA) is 128 Å². The lowest BCUT2D eigenvalue weighted by molar-refractivity contribution is 0.291. The van der Waals surface area contributed by atoms with Gasteiger partial charge in [-0.1, -0.05) is 37.7 Å². The Kier molecular flexibility index (Phi) is 6.77. The minimum absolute atomic E-state index is 0.196. The average Bonchev–Trinajstić information content (AvgIpc) is 3.38. The number of ether oxygens (including phenoxy) is 1. The van der Waals surface area contributed by atoms with Gasteiger partial charge in [-0.25, -0.2) is 14.5 Å². The molecule has 0 aliphatic rings. The predicted octanol–water partition coefficient (Wildman–Crippen LogP) is 1.62. The van der Waals surface area contributed by atoms with Gasteiger partial charge < -0.3 is 15.1 Å². The van der Waals surface area contributed by atoms with Gasteiger partial charge in [0, 0.05) is 26.4 Å². The lowest BCUT2D eigenvalue weighted by Gasteiger charge is -2.09. The number of nitrogens with zero attached hydrogens (tertiary/aromatic N) is 7. The third kappa shape index (κ3) is 4.58. The van der Waals surface area contributed by atoms with Crippen molar-refractivity contribution in [2.75, 3.05) is 11.6 Å². The molecule has 0 amide bonds. The number of imidazole rings is 1. The Balaban J connectivity index is 1.34. The quantitative estimate of drug-likeness (QED) is 0.216. The van der Waals surface area contributed by atoms with Crippen LogP contribution >= 0.6 is 11.8 Å². The maximum Gasteiger partial charge on any atom is 0.332 e. The zero-order valence-corrected chi connectivity index (χ0v) is 20.4. The van der Waals surface area contributed by atoms with Gasteiger partial charge in [0.2, 0.25) is 5.16 Å². The van der Waals surface area contributed by atoms with Crippen molar-refractivity contribution in [2.24, 2.45) is 14.1 Å². The zero-order valence-electron chi connectivity index (χ0n) is 19.6. The number of nitrogens with two attached hydrogens (primary N) is 1. The van der Waals surface area contributed by atoms with Crippen LogP contribution in [-0.2, 0) is 27.2 Å². The van der Waals surface area contributed by atoms with Gasteiger partial charge in [0.15, 0.2) is 17.0 Å². The third-order valence-corrected chi connectivity index (χ3v) is 6.64. The van der Waals surface area contributed by atoms with Crippen LogP contribution < -0.4 is 21.8 Å². The number of thioether (sulfide) groups is 1. The second-order valence-electron chi connectivity index (χ2n) is 8.31. The molecule has 0 atom stereocenters. The highest BCUT2D eigenvalue weighted by Gasteiger charge is 2.15. The first-order valence-electron chi connectivity index (χ1n) is 10.9. The number of nitrogen functional groups attached to an aromatic ring is 1. The van der Waals surface area contributed by atoms with Gasteiger partial charge in [0.1, 0.15) is 12.4 Å². The van der Waals surface area contributed by atoms with Crippen LogP contribution in [0.25, 0.3) is 11.2 Å². The number of aromatic nitrogens is 7. The first kappa shape index (κ1) is 23.6. The van der Waals surface area contributed by atoms with Gasteiger partial charge in [0.25, 0.3) is 5.56 Å². The van der Waals surface area contributed by atoms with Gasteiger partial charge in [-0.2, -0.15) is 0 Å². The number of aryl methyl sites for hydroxylation is 2. The molecule has 3 heterocycles. The van der Waals surface area contributed by atoms with E-state index in [1.54, 1.807) is 18.7 Å². The van der Waals surface area contributed by atoms with Gasteiger partial charge in [-0.3, -0.25) is 13.9 Å². The van der Waals surface area contributed by atoms with Gasteiger partial charge >= 0.3 is 5.69 Å². The fourth-order valence-corrected chi connectivity index (χ4v) is 4.38. The van der Waals surface area contributed by atoms with E-state index in [1.165, 1.54) is 37.5 Å². The van der Waals surface area contributed by atoms with E-state index in [9.17, 15) is 9.59 Å². The molecule has 0 aliphatic heterocycles. The Labute approximate surface area is 200 Å². The molecule has 0 spiro atoms. The summed E-state index contributed by atoms with van der Waals surface area (Å²) in [6, 6.07) is 7.94. The molecular weight excluding hydrogens is 456 g/mol. The second kappa shape index (κ2) is 9.75. The molecule has 0 aliphatic carbocycles. The molecule has 0 fully saturated rings. The highest BCUT2D eigenvalue weighted by atomic mass is 32.2. The molecule has 12 heteroatoms. The second-order valence-corrected chi connectivity index (χ2v) is 9.37. The standard InChI is InChI=1S/C22H28N8O3S/c1-14(2)15-6-8-16(9-7-15)33-12-17-25-26-21(30(17)23)34-11-5-10-29-20(31)18-19(24-13-27(18)3)28(4)22(29)32/h6-9,13-14H,5,10-12,23H2,1-4H3. The van der Waals surface area contributed by atoms with Crippen LogP contribution in [0.4, 0.5) is 0 Å². The molecule has 4 rings (SSSR count). The third-order valence-electron chi connectivity index (χ3n) is 5.61. The average molecular weight is 485 g/mol. The molecule has 4 aromatic rings. The Morgan fingerprint density at radius 2 is 1.85 bits per heavy atom. The minimum Gasteiger partial charge on any atom is -0.486 e. The van der Waals surface area contributed by atoms with Crippen LogP contribution in [0.2, 0.25) is 0 Å². The largest absolute Gasteiger partial charge is 0.486 e. The van der Waals surface area contributed by atoms with Crippen molar-refractivity contribution in [3.05, 3.63) is 62.8 Å². The first-order chi connectivity index (χ1) is 16.3. The summed E-state index contributed by atoms with van der Waals surface area (Å²) in [5.41, 5.74) is 1.30. The Morgan fingerprint density at radius 3 is 2.56 bits per heavy atom. The van der Waals surface area contributed by atoms with Crippen molar-refractivity contribution in [2.45, 2.75) is 44.5 Å². The van der Waals surface area contributed by atoms with Crippen molar-refractivity contribution in [1.29, 1.82) is 0 Å². The summed E-state index contributed by atoms with van der Waals surface area (Å²) in [6.07, 6.45) is 2.10. The normalized spacial score (nSPS) is 11.6. The lowest BCUT2D eigenvalue weighted by Crippen LogP contribution is -2.39. The zero-order chi connectivity index (χ0) is 24.4. The maximum absolute atomic E-state index is 12.8. The Bertz CT molecular complexity index is 1420. The Hall–Kier alpha value is -3.54. The van der Waals surface area contributed by atoms with E-state index in [0.29, 0.717) is 40.2 Å². The summed E-state index contributed by atoms with van der Waals surface area (Å²) in [5, 5.41) is 8.78. The molecular formula is C22H28N8O3S.